The van der Waals surface area contributed by atoms with E-state index in [2.05, 4.69) is 4.98 Å². The van der Waals surface area contributed by atoms with Gasteiger partial charge in [0.2, 0.25) is 0 Å². The number of unbranched alkanes of at least 4 members (excludes halogenated alkanes) is 1. The quantitative estimate of drug-likeness (QED) is 0.630. The Bertz CT molecular complexity index is 905. The van der Waals surface area contributed by atoms with Crippen molar-refractivity contribution in [1.82, 2.24) is 9.55 Å². The zero-order valence-electron chi connectivity index (χ0n) is 13.5. The minimum atomic E-state index is 0.00912. The van der Waals surface area contributed by atoms with E-state index in [0.29, 0.717) is 18.5 Å². The van der Waals surface area contributed by atoms with Crippen molar-refractivity contribution < 1.29 is 4.74 Å². The van der Waals surface area contributed by atoms with Crippen molar-refractivity contribution in [2.45, 2.75) is 26.3 Å². The van der Waals surface area contributed by atoms with Crippen molar-refractivity contribution in [3.63, 3.8) is 0 Å². The summed E-state index contributed by atoms with van der Waals surface area (Å²) in [6.45, 7) is 3.20. The molecule has 0 unspecified atom stereocenters. The first-order valence-corrected chi connectivity index (χ1v) is 8.36. The number of hydrogen-bond acceptors (Lipinski definition) is 3. The Hall–Kier alpha value is -2.33. The van der Waals surface area contributed by atoms with E-state index in [1.807, 2.05) is 49.4 Å². The van der Waals surface area contributed by atoms with Crippen LogP contribution in [0.4, 0.5) is 0 Å². The Kier molecular flexibility index (Phi) is 5.16. The van der Waals surface area contributed by atoms with Crippen LogP contribution in [0.5, 0.6) is 5.75 Å². The molecular formula is C19H19ClN2O2. The first-order chi connectivity index (χ1) is 11.6. The molecule has 0 atom stereocenters. The van der Waals surface area contributed by atoms with E-state index < -0.39 is 0 Å². The summed E-state index contributed by atoms with van der Waals surface area (Å²) in [5.74, 6) is 0.821. The summed E-state index contributed by atoms with van der Waals surface area (Å²) < 4.78 is 7.38. The highest BCUT2D eigenvalue weighted by molar-refractivity contribution is 6.31. The minimum Gasteiger partial charge on any atom is -0.494 e. The number of aromatic nitrogens is 2. The van der Waals surface area contributed by atoms with Crippen LogP contribution in [0.1, 0.15) is 18.4 Å². The Labute approximate surface area is 145 Å². The van der Waals surface area contributed by atoms with Crippen LogP contribution in [-0.4, -0.2) is 16.2 Å². The summed E-state index contributed by atoms with van der Waals surface area (Å²) in [7, 11) is 0. The maximum Gasteiger partial charge on any atom is 0.261 e. The molecule has 0 amide bonds. The molecular weight excluding hydrogens is 324 g/mol. The van der Waals surface area contributed by atoms with Crippen LogP contribution in [0.2, 0.25) is 5.02 Å². The predicted molar refractivity (Wildman–Crippen MR) is 96.9 cm³/mol. The largest absolute Gasteiger partial charge is 0.494 e. The lowest BCUT2D eigenvalue weighted by Crippen LogP contribution is -2.20. The minimum absolute atomic E-state index is 0.00912. The van der Waals surface area contributed by atoms with Crippen LogP contribution in [0, 0.1) is 6.92 Å². The zero-order valence-corrected chi connectivity index (χ0v) is 14.3. The standard InChI is InChI=1S/C19H19ClN2O2/c1-14-12-15(8-9-17(14)20)24-11-5-4-10-22-13-21-18-7-3-2-6-16(18)19(22)23/h2-3,6-9,12-13H,4-5,10-11H2,1H3. The van der Waals surface area contributed by atoms with Crippen molar-refractivity contribution in [3.8, 4) is 5.75 Å². The molecule has 0 bridgehead atoms. The monoisotopic (exact) mass is 342 g/mol. The number of hydrogen-bond donors (Lipinski definition) is 0. The highest BCUT2D eigenvalue weighted by Crippen LogP contribution is 2.21. The highest BCUT2D eigenvalue weighted by atomic mass is 35.5. The predicted octanol–water partition coefficient (Wildman–Crippen LogP) is 4.22. The number of halogens is 1. The van der Waals surface area contributed by atoms with Gasteiger partial charge in [-0.15, -0.1) is 0 Å². The first kappa shape index (κ1) is 16.5. The summed E-state index contributed by atoms with van der Waals surface area (Å²) in [4.78, 5) is 16.7. The second-order valence-corrected chi connectivity index (χ2v) is 6.13. The lowest BCUT2D eigenvalue weighted by atomic mass is 10.2. The van der Waals surface area contributed by atoms with E-state index in [-0.39, 0.29) is 5.56 Å². The van der Waals surface area contributed by atoms with Crippen molar-refractivity contribution in [3.05, 3.63) is 69.7 Å². The lowest BCUT2D eigenvalue weighted by molar-refractivity contribution is 0.302. The Morgan fingerprint density at radius 2 is 2.00 bits per heavy atom. The molecule has 0 N–H and O–H groups in total. The lowest BCUT2D eigenvalue weighted by Gasteiger charge is -2.09. The molecule has 2 aromatic carbocycles. The van der Waals surface area contributed by atoms with Gasteiger partial charge in [-0.2, -0.15) is 0 Å². The van der Waals surface area contributed by atoms with E-state index in [1.165, 1.54) is 0 Å². The molecule has 0 aliphatic rings. The van der Waals surface area contributed by atoms with Gasteiger partial charge in [0.15, 0.2) is 0 Å². The van der Waals surface area contributed by atoms with Gasteiger partial charge in [-0.05, 0) is 55.7 Å². The summed E-state index contributed by atoms with van der Waals surface area (Å²) in [5.41, 5.74) is 1.75. The van der Waals surface area contributed by atoms with E-state index in [4.69, 9.17) is 16.3 Å². The summed E-state index contributed by atoms with van der Waals surface area (Å²) in [6, 6.07) is 13.0. The molecule has 5 heteroatoms. The third-order valence-electron chi connectivity index (χ3n) is 3.92. The van der Waals surface area contributed by atoms with Crippen LogP contribution in [0.15, 0.2) is 53.6 Å². The van der Waals surface area contributed by atoms with Gasteiger partial charge >= 0.3 is 0 Å². The molecule has 0 saturated heterocycles. The van der Waals surface area contributed by atoms with Gasteiger partial charge in [-0.1, -0.05) is 23.7 Å². The normalized spacial score (nSPS) is 10.9. The van der Waals surface area contributed by atoms with Gasteiger partial charge in [-0.3, -0.25) is 9.36 Å². The molecule has 4 nitrogen and oxygen atoms in total. The SMILES string of the molecule is Cc1cc(OCCCCn2cnc3ccccc3c2=O)ccc1Cl. The number of ether oxygens (including phenoxy) is 1. The van der Waals surface area contributed by atoms with Gasteiger partial charge in [0.1, 0.15) is 5.75 Å². The molecule has 0 aliphatic carbocycles. The average molecular weight is 343 g/mol. The topological polar surface area (TPSA) is 44.1 Å². The van der Waals surface area contributed by atoms with E-state index in [9.17, 15) is 4.79 Å². The molecule has 1 aromatic heterocycles. The fraction of sp³-hybridized carbons (Fsp3) is 0.263. The highest BCUT2D eigenvalue weighted by Gasteiger charge is 2.03. The van der Waals surface area contributed by atoms with Crippen LogP contribution >= 0.6 is 11.6 Å². The Balaban J connectivity index is 1.52. The van der Waals surface area contributed by atoms with Crippen molar-refractivity contribution >= 4 is 22.5 Å². The number of rotatable bonds is 6. The van der Waals surface area contributed by atoms with Crippen LogP contribution in [-0.2, 0) is 6.54 Å². The average Bonchev–Trinajstić information content (AvgIpc) is 2.60. The van der Waals surface area contributed by atoms with Crippen molar-refractivity contribution in [2.75, 3.05) is 6.61 Å². The molecule has 0 radical (unpaired) electrons. The van der Waals surface area contributed by atoms with Crippen LogP contribution in [0.25, 0.3) is 10.9 Å². The fourth-order valence-corrected chi connectivity index (χ4v) is 2.66. The number of nitrogens with zero attached hydrogens (tertiary/aromatic N) is 2. The molecule has 124 valence electrons. The molecule has 3 rings (SSSR count). The molecule has 24 heavy (non-hydrogen) atoms. The smallest absolute Gasteiger partial charge is 0.261 e. The number of benzene rings is 2. The molecule has 0 aliphatic heterocycles. The molecule has 3 aromatic rings. The van der Waals surface area contributed by atoms with E-state index >= 15 is 0 Å². The van der Waals surface area contributed by atoms with Gasteiger partial charge in [-0.25, -0.2) is 4.98 Å². The van der Waals surface area contributed by atoms with Gasteiger partial charge in [0.05, 0.1) is 23.8 Å². The molecule has 0 spiro atoms. The van der Waals surface area contributed by atoms with Gasteiger partial charge < -0.3 is 4.74 Å². The molecule has 1 heterocycles. The van der Waals surface area contributed by atoms with Crippen molar-refractivity contribution in [1.29, 1.82) is 0 Å². The van der Waals surface area contributed by atoms with E-state index in [0.717, 1.165) is 34.7 Å². The third-order valence-corrected chi connectivity index (χ3v) is 4.35. The number of aryl methyl sites for hydroxylation is 2. The number of fused-ring (bicyclic) bond motifs is 1. The summed E-state index contributed by atoms with van der Waals surface area (Å²) in [5, 5.41) is 1.40. The van der Waals surface area contributed by atoms with Crippen molar-refractivity contribution in [2.24, 2.45) is 0 Å². The third kappa shape index (κ3) is 3.77. The maximum absolute atomic E-state index is 12.4. The second-order valence-electron chi connectivity index (χ2n) is 5.73. The molecule has 0 fully saturated rings. The Morgan fingerprint density at radius 3 is 2.83 bits per heavy atom. The fourth-order valence-electron chi connectivity index (χ4n) is 2.55. The summed E-state index contributed by atoms with van der Waals surface area (Å²) >= 11 is 5.99. The second kappa shape index (κ2) is 7.49. The van der Waals surface area contributed by atoms with Gasteiger partial charge in [0.25, 0.3) is 5.56 Å². The molecule has 0 saturated carbocycles. The first-order valence-electron chi connectivity index (χ1n) is 7.98. The summed E-state index contributed by atoms with van der Waals surface area (Å²) in [6.07, 6.45) is 3.33. The number of para-hydroxylation sites is 1. The maximum atomic E-state index is 12.4. The zero-order chi connectivity index (χ0) is 16.9. The van der Waals surface area contributed by atoms with Gasteiger partial charge in [0, 0.05) is 11.6 Å². The Morgan fingerprint density at radius 1 is 1.17 bits per heavy atom. The van der Waals surface area contributed by atoms with Crippen LogP contribution < -0.4 is 10.3 Å². The van der Waals surface area contributed by atoms with Crippen LogP contribution in [0.3, 0.4) is 0 Å². The van der Waals surface area contributed by atoms with E-state index in [1.54, 1.807) is 10.9 Å².